The average molecular weight is 527 g/mol. The van der Waals surface area contributed by atoms with E-state index in [1.807, 2.05) is 0 Å². The van der Waals surface area contributed by atoms with E-state index in [1.54, 1.807) is 0 Å². The SMILES string of the molecule is C1=CC2=C(C=CC1)N(c1ccc(-c3ccc(-n4c5c(c6ccccc64)C=CCC=C5)cc3)cc1)c1ccccc1C2. The van der Waals surface area contributed by atoms with Gasteiger partial charge < -0.3 is 9.47 Å². The second-order valence-corrected chi connectivity index (χ2v) is 10.9. The van der Waals surface area contributed by atoms with Crippen molar-refractivity contribution in [2.45, 2.75) is 19.3 Å². The van der Waals surface area contributed by atoms with Crippen molar-refractivity contribution in [3.05, 3.63) is 162 Å². The molecule has 3 aliphatic rings. The van der Waals surface area contributed by atoms with Gasteiger partial charge in [0.05, 0.1) is 11.2 Å². The molecule has 41 heavy (non-hydrogen) atoms. The molecule has 1 aliphatic heterocycles. The second kappa shape index (κ2) is 9.83. The van der Waals surface area contributed by atoms with Gasteiger partial charge in [-0.15, -0.1) is 0 Å². The summed E-state index contributed by atoms with van der Waals surface area (Å²) in [6.45, 7) is 0. The number of anilines is 2. The largest absolute Gasteiger partial charge is 0.310 e. The number of nitrogens with zero attached hydrogens (tertiary/aromatic N) is 2. The van der Waals surface area contributed by atoms with Crippen LogP contribution in [0.4, 0.5) is 11.4 Å². The summed E-state index contributed by atoms with van der Waals surface area (Å²) in [5.74, 6) is 0. The van der Waals surface area contributed by atoms with Crippen LogP contribution in [0.3, 0.4) is 0 Å². The minimum Gasteiger partial charge on any atom is -0.310 e. The summed E-state index contributed by atoms with van der Waals surface area (Å²) in [4.78, 5) is 2.41. The number of benzene rings is 4. The molecule has 0 amide bonds. The number of hydrogen-bond donors (Lipinski definition) is 0. The number of para-hydroxylation sites is 2. The van der Waals surface area contributed by atoms with Gasteiger partial charge in [-0.2, -0.15) is 0 Å². The van der Waals surface area contributed by atoms with E-state index in [1.165, 1.54) is 67.2 Å². The Kier molecular flexibility index (Phi) is 5.70. The summed E-state index contributed by atoms with van der Waals surface area (Å²) in [5.41, 5.74) is 13.9. The van der Waals surface area contributed by atoms with E-state index >= 15 is 0 Å². The van der Waals surface area contributed by atoms with Crippen molar-refractivity contribution in [1.82, 2.24) is 4.57 Å². The number of rotatable bonds is 3. The highest BCUT2D eigenvalue weighted by molar-refractivity contribution is 5.96. The molecule has 0 N–H and O–H groups in total. The van der Waals surface area contributed by atoms with Crippen LogP contribution in [0.2, 0.25) is 0 Å². The van der Waals surface area contributed by atoms with Crippen molar-refractivity contribution in [2.75, 3.05) is 4.90 Å². The molecule has 5 aromatic rings. The molecule has 2 heterocycles. The van der Waals surface area contributed by atoms with Crippen molar-refractivity contribution in [3.8, 4) is 16.8 Å². The van der Waals surface area contributed by atoms with Gasteiger partial charge in [0.15, 0.2) is 0 Å². The number of aromatic nitrogens is 1. The Morgan fingerprint density at radius 1 is 0.537 bits per heavy atom. The molecule has 8 rings (SSSR count). The lowest BCUT2D eigenvalue weighted by molar-refractivity contribution is 1.04. The van der Waals surface area contributed by atoms with Gasteiger partial charge in [0.1, 0.15) is 0 Å². The van der Waals surface area contributed by atoms with Crippen LogP contribution in [-0.2, 0) is 6.42 Å². The smallest absolute Gasteiger partial charge is 0.0541 e. The van der Waals surface area contributed by atoms with Crippen LogP contribution in [0.25, 0.3) is 39.9 Å². The molecule has 2 heteroatoms. The first kappa shape index (κ1) is 23.8. The fraction of sp³-hybridized carbons (Fsp3) is 0.0769. The molecular weight excluding hydrogens is 496 g/mol. The molecule has 2 nitrogen and oxygen atoms in total. The van der Waals surface area contributed by atoms with Gasteiger partial charge in [-0.1, -0.05) is 97.1 Å². The highest BCUT2D eigenvalue weighted by atomic mass is 15.2. The molecule has 1 aromatic heterocycles. The first-order valence-corrected chi connectivity index (χ1v) is 14.5. The summed E-state index contributed by atoms with van der Waals surface area (Å²) >= 11 is 0. The van der Waals surface area contributed by atoms with Crippen LogP contribution < -0.4 is 4.90 Å². The Hall–Kier alpha value is -5.08. The molecule has 196 valence electrons. The van der Waals surface area contributed by atoms with Crippen LogP contribution in [0.5, 0.6) is 0 Å². The quantitative estimate of drug-likeness (QED) is 0.227. The Bertz CT molecular complexity index is 1940. The number of fused-ring (bicyclic) bond motifs is 4. The molecule has 0 bridgehead atoms. The number of hydrogen-bond acceptors (Lipinski definition) is 1. The molecule has 0 saturated carbocycles. The van der Waals surface area contributed by atoms with Crippen molar-refractivity contribution >= 4 is 34.4 Å². The standard InChI is InChI=1S/C39H30N2/c1-3-11-30-27-31-12-7-9-16-37(31)40(36(30)15-5-1)32-23-19-28(20-24-32)29-21-25-33(26-22-29)41-38-17-6-2-4-13-34(38)35-14-8-10-18-39(35)41/h3-26H,1-2,27H2. The zero-order valence-corrected chi connectivity index (χ0v) is 22.9. The number of allylic oxidation sites excluding steroid dienone is 7. The van der Waals surface area contributed by atoms with E-state index < -0.39 is 0 Å². The van der Waals surface area contributed by atoms with Gasteiger partial charge in [0.2, 0.25) is 0 Å². The topological polar surface area (TPSA) is 8.17 Å². The highest BCUT2D eigenvalue weighted by Crippen LogP contribution is 2.41. The molecule has 0 fully saturated rings. The second-order valence-electron chi connectivity index (χ2n) is 10.9. The third-order valence-corrected chi connectivity index (χ3v) is 8.42. The highest BCUT2D eigenvalue weighted by Gasteiger charge is 2.24. The molecule has 0 unspecified atom stereocenters. The zero-order chi connectivity index (χ0) is 27.2. The van der Waals surface area contributed by atoms with E-state index in [2.05, 4.69) is 155 Å². The lowest BCUT2D eigenvalue weighted by Crippen LogP contribution is -2.22. The maximum Gasteiger partial charge on any atom is 0.0541 e. The van der Waals surface area contributed by atoms with Gasteiger partial charge >= 0.3 is 0 Å². The fourth-order valence-electron chi connectivity index (χ4n) is 6.47. The van der Waals surface area contributed by atoms with E-state index in [0.29, 0.717) is 0 Å². The maximum absolute atomic E-state index is 2.41. The van der Waals surface area contributed by atoms with E-state index in [9.17, 15) is 0 Å². The van der Waals surface area contributed by atoms with Gasteiger partial charge in [-0.3, -0.25) is 0 Å². The Labute approximate surface area is 241 Å². The Morgan fingerprint density at radius 2 is 1.20 bits per heavy atom. The first-order chi connectivity index (χ1) is 20.3. The monoisotopic (exact) mass is 526 g/mol. The van der Waals surface area contributed by atoms with Crippen LogP contribution in [-0.4, -0.2) is 4.57 Å². The van der Waals surface area contributed by atoms with Crippen LogP contribution in [0, 0.1) is 0 Å². The lowest BCUT2D eigenvalue weighted by atomic mass is 9.94. The minimum absolute atomic E-state index is 0.965. The third-order valence-electron chi connectivity index (χ3n) is 8.42. The van der Waals surface area contributed by atoms with Gasteiger partial charge in [-0.25, -0.2) is 0 Å². The van der Waals surface area contributed by atoms with Crippen molar-refractivity contribution in [3.63, 3.8) is 0 Å². The van der Waals surface area contributed by atoms with Crippen LogP contribution in [0.15, 0.2) is 145 Å². The fourth-order valence-corrected chi connectivity index (χ4v) is 6.47. The molecule has 0 spiro atoms. The third kappa shape index (κ3) is 4.03. The first-order valence-electron chi connectivity index (χ1n) is 14.5. The Morgan fingerprint density at radius 3 is 2.02 bits per heavy atom. The molecule has 2 aliphatic carbocycles. The predicted octanol–water partition coefficient (Wildman–Crippen LogP) is 10.2. The maximum atomic E-state index is 2.41. The molecule has 0 saturated heterocycles. The predicted molar refractivity (Wildman–Crippen MR) is 174 cm³/mol. The summed E-state index contributed by atoms with van der Waals surface area (Å²) in [6, 6.07) is 35.5. The van der Waals surface area contributed by atoms with Crippen LogP contribution in [0.1, 0.15) is 29.7 Å². The molecule has 0 radical (unpaired) electrons. The van der Waals surface area contributed by atoms with E-state index in [4.69, 9.17) is 0 Å². The summed E-state index contributed by atoms with van der Waals surface area (Å²) in [5, 5.41) is 1.29. The van der Waals surface area contributed by atoms with E-state index in [0.717, 1.165) is 19.3 Å². The normalized spacial score (nSPS) is 15.5. The van der Waals surface area contributed by atoms with Crippen molar-refractivity contribution in [2.24, 2.45) is 0 Å². The lowest BCUT2D eigenvalue weighted by Gasteiger charge is -2.34. The van der Waals surface area contributed by atoms with Gasteiger partial charge in [-0.05, 0) is 83.7 Å². The van der Waals surface area contributed by atoms with Crippen LogP contribution >= 0.6 is 0 Å². The van der Waals surface area contributed by atoms with Gasteiger partial charge in [0, 0.05) is 40.1 Å². The van der Waals surface area contributed by atoms with Crippen molar-refractivity contribution in [1.29, 1.82) is 0 Å². The minimum atomic E-state index is 0.965. The molecular formula is C39H30N2. The van der Waals surface area contributed by atoms with E-state index in [-0.39, 0.29) is 0 Å². The van der Waals surface area contributed by atoms with Crippen molar-refractivity contribution < 1.29 is 0 Å². The summed E-state index contributed by atoms with van der Waals surface area (Å²) < 4.78 is 2.39. The average Bonchev–Trinajstić information content (AvgIpc) is 3.22. The molecule has 0 atom stereocenters. The zero-order valence-electron chi connectivity index (χ0n) is 22.9. The Balaban J connectivity index is 1.15. The van der Waals surface area contributed by atoms with Gasteiger partial charge in [0.25, 0.3) is 0 Å². The summed E-state index contributed by atoms with van der Waals surface area (Å²) in [7, 11) is 0. The summed E-state index contributed by atoms with van der Waals surface area (Å²) in [6.07, 6.45) is 21.0. The molecule has 4 aromatic carbocycles.